The monoisotopic (exact) mass is 131 g/mol. The molecule has 0 aromatic heterocycles. The molecule has 1 rings (SSSR count). The molecule has 3 heteroatoms. The van der Waals surface area contributed by atoms with Gasteiger partial charge in [-0.05, 0) is 13.8 Å². The van der Waals surface area contributed by atoms with Gasteiger partial charge in [-0.25, -0.2) is 0 Å². The maximum absolute atomic E-state index is 5.89. The zero-order chi connectivity index (χ0) is 6.20. The fraction of sp³-hybridized carbons (Fsp3) is 0.800. The van der Waals surface area contributed by atoms with Crippen LogP contribution < -0.4 is 5.43 Å². The molecular formula is C5H8ClN2. The highest BCUT2D eigenvalue weighted by atomic mass is 35.5. The lowest BCUT2D eigenvalue weighted by Gasteiger charge is -2.10. The van der Waals surface area contributed by atoms with Gasteiger partial charge in [-0.1, -0.05) is 0 Å². The summed E-state index contributed by atoms with van der Waals surface area (Å²) in [5, 5.41) is 3.80. The summed E-state index contributed by atoms with van der Waals surface area (Å²) in [6.45, 7) is 4.44. The molecular weight excluding hydrogens is 124 g/mol. The van der Waals surface area contributed by atoms with Gasteiger partial charge < -0.3 is 0 Å². The van der Waals surface area contributed by atoms with Gasteiger partial charge in [0.1, 0.15) is 4.87 Å². The van der Waals surface area contributed by atoms with E-state index in [2.05, 4.69) is 10.5 Å². The molecule has 1 aliphatic rings. The number of rotatable bonds is 0. The molecule has 0 saturated heterocycles. The second-order valence-corrected chi connectivity index (χ2v) is 3.02. The van der Waals surface area contributed by atoms with Crippen LogP contribution in [-0.2, 0) is 0 Å². The van der Waals surface area contributed by atoms with Crippen molar-refractivity contribution >= 4 is 17.3 Å². The summed E-state index contributed by atoms with van der Waals surface area (Å²) >= 11 is 5.89. The van der Waals surface area contributed by atoms with E-state index in [1.807, 2.05) is 13.8 Å². The molecule has 1 aliphatic heterocycles. The average molecular weight is 132 g/mol. The van der Waals surface area contributed by atoms with E-state index in [9.17, 15) is 0 Å². The van der Waals surface area contributed by atoms with Crippen molar-refractivity contribution < 1.29 is 0 Å². The lowest BCUT2D eigenvalue weighted by molar-refractivity contribution is 0.719. The van der Waals surface area contributed by atoms with Gasteiger partial charge in [0.05, 0.1) is 12.3 Å². The van der Waals surface area contributed by atoms with Crippen LogP contribution in [0.1, 0.15) is 13.8 Å². The Morgan fingerprint density at radius 1 is 1.75 bits per heavy atom. The average Bonchev–Trinajstić information content (AvgIpc) is 1.86. The summed E-state index contributed by atoms with van der Waals surface area (Å²) in [4.78, 5) is -0.292. The van der Waals surface area contributed by atoms with Crippen LogP contribution >= 0.6 is 11.6 Å². The van der Waals surface area contributed by atoms with Crippen molar-refractivity contribution in [2.45, 2.75) is 18.7 Å². The highest BCUT2D eigenvalue weighted by Crippen LogP contribution is 2.19. The third kappa shape index (κ3) is 0.802. The van der Waals surface area contributed by atoms with E-state index in [4.69, 9.17) is 11.6 Å². The van der Waals surface area contributed by atoms with Crippen molar-refractivity contribution in [3.8, 4) is 0 Å². The molecule has 1 heterocycles. The van der Waals surface area contributed by atoms with Crippen molar-refractivity contribution in [2.24, 2.45) is 5.10 Å². The first-order valence-electron chi connectivity index (χ1n) is 2.53. The van der Waals surface area contributed by atoms with Gasteiger partial charge in [-0.15, -0.1) is 11.6 Å². The van der Waals surface area contributed by atoms with Gasteiger partial charge >= 0.3 is 0 Å². The molecule has 0 aliphatic carbocycles. The van der Waals surface area contributed by atoms with E-state index < -0.39 is 0 Å². The second kappa shape index (κ2) is 1.62. The third-order valence-electron chi connectivity index (χ3n) is 1.34. The van der Waals surface area contributed by atoms with Gasteiger partial charge in [0.2, 0.25) is 0 Å². The first-order valence-corrected chi connectivity index (χ1v) is 2.91. The number of alkyl halides is 1. The van der Waals surface area contributed by atoms with Crippen LogP contribution in [-0.4, -0.2) is 17.1 Å². The molecule has 0 amide bonds. The molecule has 0 bridgehead atoms. The molecule has 0 N–H and O–H groups in total. The van der Waals surface area contributed by atoms with Gasteiger partial charge in [0.25, 0.3) is 0 Å². The van der Waals surface area contributed by atoms with Gasteiger partial charge in [0, 0.05) is 0 Å². The highest BCUT2D eigenvalue weighted by molar-refractivity contribution is 6.36. The highest BCUT2D eigenvalue weighted by Gasteiger charge is 2.29. The zero-order valence-corrected chi connectivity index (χ0v) is 5.74. The Labute approximate surface area is 53.9 Å². The Hall–Kier alpha value is -0.240. The lowest BCUT2D eigenvalue weighted by Crippen LogP contribution is -2.26. The summed E-state index contributed by atoms with van der Waals surface area (Å²) in [7, 11) is 0. The molecule has 45 valence electrons. The fourth-order valence-electron chi connectivity index (χ4n) is 0.493. The summed E-state index contributed by atoms with van der Waals surface area (Å²) in [6, 6.07) is 0. The minimum absolute atomic E-state index is 0.292. The molecule has 0 aromatic carbocycles. The van der Waals surface area contributed by atoms with E-state index >= 15 is 0 Å². The summed E-state index contributed by atoms with van der Waals surface area (Å²) in [6.07, 6.45) is 0. The van der Waals surface area contributed by atoms with Gasteiger partial charge in [0.15, 0.2) is 0 Å². The third-order valence-corrected chi connectivity index (χ3v) is 1.74. The van der Waals surface area contributed by atoms with E-state index in [0.717, 1.165) is 5.71 Å². The summed E-state index contributed by atoms with van der Waals surface area (Å²) in [5.74, 6) is 0. The van der Waals surface area contributed by atoms with Crippen molar-refractivity contribution in [2.75, 3.05) is 6.54 Å². The van der Waals surface area contributed by atoms with Crippen molar-refractivity contribution in [1.82, 2.24) is 5.43 Å². The van der Waals surface area contributed by atoms with Crippen LogP contribution in [0, 0.1) is 0 Å². The van der Waals surface area contributed by atoms with Gasteiger partial charge in [-0.3, -0.25) is 0 Å². The van der Waals surface area contributed by atoms with Crippen LogP contribution in [0.4, 0.5) is 0 Å². The summed E-state index contributed by atoms with van der Waals surface area (Å²) < 4.78 is 0. The number of nitrogens with zero attached hydrogens (tertiary/aromatic N) is 2. The zero-order valence-electron chi connectivity index (χ0n) is 4.98. The predicted molar refractivity (Wildman–Crippen MR) is 34.4 cm³/mol. The van der Waals surface area contributed by atoms with Crippen LogP contribution in [0.2, 0.25) is 0 Å². The molecule has 0 fully saturated rings. The molecule has 0 spiro atoms. The Morgan fingerprint density at radius 3 is 2.50 bits per heavy atom. The topological polar surface area (TPSA) is 26.5 Å². The number of halogens is 1. The SMILES string of the molecule is CC1=N[N]CC1(C)Cl. The van der Waals surface area contributed by atoms with Crippen LogP contribution in [0.3, 0.4) is 0 Å². The number of hydrogen-bond acceptors (Lipinski definition) is 1. The van der Waals surface area contributed by atoms with Crippen molar-refractivity contribution in [3.05, 3.63) is 0 Å². The number of hydrogen-bond donors (Lipinski definition) is 0. The lowest BCUT2D eigenvalue weighted by atomic mass is 10.1. The van der Waals surface area contributed by atoms with E-state index in [1.54, 1.807) is 0 Å². The van der Waals surface area contributed by atoms with Crippen molar-refractivity contribution in [1.29, 1.82) is 0 Å². The predicted octanol–water partition coefficient (Wildman–Crippen LogP) is 0.978. The van der Waals surface area contributed by atoms with E-state index in [1.165, 1.54) is 0 Å². The largest absolute Gasteiger partial charge is 0.187 e. The smallest absolute Gasteiger partial charge is 0.103 e. The maximum atomic E-state index is 5.89. The van der Waals surface area contributed by atoms with Crippen LogP contribution in [0.25, 0.3) is 0 Å². The fourth-order valence-corrected chi connectivity index (χ4v) is 0.584. The molecule has 0 aromatic rings. The molecule has 8 heavy (non-hydrogen) atoms. The first-order chi connectivity index (χ1) is 3.63. The van der Waals surface area contributed by atoms with E-state index in [0.29, 0.717) is 6.54 Å². The molecule has 2 nitrogen and oxygen atoms in total. The molecule has 1 radical (unpaired) electrons. The normalized spacial score (nSPS) is 36.6. The minimum Gasteiger partial charge on any atom is -0.187 e. The summed E-state index contributed by atoms with van der Waals surface area (Å²) in [5.41, 5.74) is 4.69. The second-order valence-electron chi connectivity index (χ2n) is 2.18. The van der Waals surface area contributed by atoms with Crippen LogP contribution in [0.15, 0.2) is 5.10 Å². The van der Waals surface area contributed by atoms with Crippen LogP contribution in [0.5, 0.6) is 0 Å². The minimum atomic E-state index is -0.292. The standard InChI is InChI=1S/C5H8ClN2/c1-4-5(2,6)3-7-8-4/h3H2,1-2H3. The Balaban J connectivity index is 2.73. The van der Waals surface area contributed by atoms with E-state index in [-0.39, 0.29) is 4.87 Å². The molecule has 0 saturated carbocycles. The quantitative estimate of drug-likeness (QED) is 0.438. The molecule has 1 atom stereocenters. The molecule has 1 unspecified atom stereocenters. The van der Waals surface area contributed by atoms with Crippen molar-refractivity contribution in [3.63, 3.8) is 0 Å². The Kier molecular flexibility index (Phi) is 1.19. The Morgan fingerprint density at radius 2 is 2.38 bits per heavy atom. The maximum Gasteiger partial charge on any atom is 0.103 e. The Bertz CT molecular complexity index is 128. The van der Waals surface area contributed by atoms with Gasteiger partial charge in [-0.2, -0.15) is 10.5 Å². The first kappa shape index (κ1) is 5.89.